The molecule has 0 fully saturated rings. The van der Waals surface area contributed by atoms with Crippen molar-refractivity contribution in [3.63, 3.8) is 0 Å². The molecule has 158 valence electrons. The second kappa shape index (κ2) is 8.83. The fourth-order valence-electron chi connectivity index (χ4n) is 2.77. The van der Waals surface area contributed by atoms with Crippen molar-refractivity contribution < 1.29 is 27.1 Å². The molecule has 3 rings (SSSR count). The summed E-state index contributed by atoms with van der Waals surface area (Å²) in [6.07, 6.45) is -4.57. The van der Waals surface area contributed by atoms with Crippen molar-refractivity contribution in [3.8, 4) is 22.4 Å². The number of anilines is 1. The molecule has 4 nitrogen and oxygen atoms in total. The number of thiazole rings is 1. The van der Waals surface area contributed by atoms with E-state index in [0.29, 0.717) is 16.9 Å². The van der Waals surface area contributed by atoms with Gasteiger partial charge in [0.05, 0.1) is 18.7 Å². The van der Waals surface area contributed by atoms with E-state index in [1.54, 1.807) is 43.3 Å². The number of ether oxygens (including phenoxy) is 1. The normalized spacial score (nSPS) is 12.5. The number of benzene rings is 2. The molecule has 9 heteroatoms. The summed E-state index contributed by atoms with van der Waals surface area (Å²) in [7, 11) is 1.25. The Kier molecular flexibility index (Phi) is 6.40. The number of halogens is 4. The molecule has 0 amide bonds. The van der Waals surface area contributed by atoms with Crippen LogP contribution >= 0.6 is 11.3 Å². The Morgan fingerprint density at radius 2 is 1.60 bits per heavy atom. The van der Waals surface area contributed by atoms with Crippen LogP contribution in [0.25, 0.3) is 22.4 Å². The Bertz CT molecular complexity index is 1010. The quantitative estimate of drug-likeness (QED) is 0.387. The van der Waals surface area contributed by atoms with Crippen molar-refractivity contribution >= 4 is 22.4 Å². The van der Waals surface area contributed by atoms with Gasteiger partial charge in [-0.3, -0.25) is 4.79 Å². The maximum atomic E-state index is 13.5. The number of hydrogen-bond donors (Lipinski definition) is 1. The van der Waals surface area contributed by atoms with E-state index in [1.807, 2.05) is 0 Å². The molecule has 1 unspecified atom stereocenters. The molecule has 2 aromatic carbocycles. The number of alkyl halides is 3. The highest BCUT2D eigenvalue weighted by atomic mass is 32.1. The van der Waals surface area contributed by atoms with Gasteiger partial charge in [-0.2, -0.15) is 13.2 Å². The van der Waals surface area contributed by atoms with Crippen molar-refractivity contribution in [2.24, 2.45) is 5.92 Å². The van der Waals surface area contributed by atoms with Crippen LogP contribution in [0.5, 0.6) is 0 Å². The van der Waals surface area contributed by atoms with Crippen LogP contribution in [0.1, 0.15) is 11.8 Å². The molecule has 0 saturated carbocycles. The van der Waals surface area contributed by atoms with E-state index in [0.717, 1.165) is 11.1 Å². The Labute approximate surface area is 174 Å². The zero-order valence-corrected chi connectivity index (χ0v) is 16.9. The average molecular weight is 438 g/mol. The first-order chi connectivity index (χ1) is 14.2. The minimum atomic E-state index is -4.57. The maximum absolute atomic E-state index is 13.5. The first-order valence-corrected chi connectivity index (χ1v) is 9.76. The lowest BCUT2D eigenvalue weighted by molar-refractivity contribution is -0.144. The first kappa shape index (κ1) is 21.8. The van der Waals surface area contributed by atoms with Gasteiger partial charge in [0.1, 0.15) is 10.7 Å². The monoisotopic (exact) mass is 438 g/mol. The number of hydrogen-bond acceptors (Lipinski definition) is 5. The summed E-state index contributed by atoms with van der Waals surface area (Å²) in [6, 6.07) is 12.2. The van der Waals surface area contributed by atoms with Crippen molar-refractivity contribution in [2.75, 3.05) is 19.0 Å². The summed E-state index contributed by atoms with van der Waals surface area (Å²) in [4.78, 5) is 14.7. The molecule has 1 heterocycles. The van der Waals surface area contributed by atoms with E-state index < -0.39 is 22.9 Å². The number of nitrogens with zero attached hydrogens (tertiary/aromatic N) is 1. The molecule has 30 heavy (non-hydrogen) atoms. The van der Waals surface area contributed by atoms with Crippen LogP contribution in [0, 0.1) is 11.7 Å². The zero-order valence-electron chi connectivity index (χ0n) is 16.1. The van der Waals surface area contributed by atoms with E-state index in [4.69, 9.17) is 0 Å². The number of nitrogens with one attached hydrogen (secondary N) is 1. The largest absolute Gasteiger partial charge is 0.469 e. The summed E-state index contributed by atoms with van der Waals surface area (Å²) in [5, 5.41) is 2.84. The van der Waals surface area contributed by atoms with Crippen molar-refractivity contribution in [1.29, 1.82) is 0 Å². The highest BCUT2D eigenvalue weighted by molar-refractivity contribution is 7.16. The summed E-state index contributed by atoms with van der Waals surface area (Å²) < 4.78 is 58.3. The molecule has 0 bridgehead atoms. The molecule has 1 atom stereocenters. The number of rotatable bonds is 6. The van der Waals surface area contributed by atoms with Crippen molar-refractivity contribution in [2.45, 2.75) is 13.1 Å². The number of carbonyl (C=O) groups excluding carboxylic acids is 1. The van der Waals surface area contributed by atoms with E-state index in [-0.39, 0.29) is 23.2 Å². The van der Waals surface area contributed by atoms with Crippen LogP contribution in [-0.2, 0) is 15.7 Å². The zero-order chi connectivity index (χ0) is 21.9. The minimum absolute atomic E-state index is 0.0655. The summed E-state index contributed by atoms with van der Waals surface area (Å²) in [5.74, 6) is -1.37. The molecule has 0 aliphatic heterocycles. The van der Waals surface area contributed by atoms with Crippen LogP contribution in [0.4, 0.5) is 22.7 Å². The predicted molar refractivity (Wildman–Crippen MR) is 108 cm³/mol. The average Bonchev–Trinajstić information content (AvgIpc) is 3.17. The van der Waals surface area contributed by atoms with E-state index in [9.17, 15) is 22.4 Å². The summed E-state index contributed by atoms with van der Waals surface area (Å²) in [6.45, 7) is 1.70. The number of carbonyl (C=O) groups is 1. The minimum Gasteiger partial charge on any atom is -0.469 e. The molecule has 0 aliphatic rings. The SMILES string of the molecule is COC(=O)C(C)CNc1nc(-c2ccc(-c3ccc(F)cc3)cc2)c(C(F)(F)F)s1. The van der Waals surface area contributed by atoms with E-state index in [2.05, 4.69) is 15.0 Å². The molecule has 0 radical (unpaired) electrons. The Morgan fingerprint density at radius 1 is 1.07 bits per heavy atom. The van der Waals surface area contributed by atoms with Gasteiger partial charge in [0, 0.05) is 12.1 Å². The lowest BCUT2D eigenvalue weighted by Crippen LogP contribution is -2.21. The molecular weight excluding hydrogens is 420 g/mol. The maximum Gasteiger partial charge on any atom is 0.427 e. The third kappa shape index (κ3) is 4.96. The predicted octanol–water partition coefficient (Wildman–Crippen LogP) is 5.86. The van der Waals surface area contributed by atoms with Crippen LogP contribution in [0.3, 0.4) is 0 Å². The van der Waals surface area contributed by atoms with E-state index in [1.165, 1.54) is 19.2 Å². The van der Waals surface area contributed by atoms with Gasteiger partial charge in [-0.05, 0) is 23.3 Å². The van der Waals surface area contributed by atoms with Crippen LogP contribution in [-0.4, -0.2) is 24.6 Å². The lowest BCUT2D eigenvalue weighted by atomic mass is 10.0. The highest BCUT2D eigenvalue weighted by Gasteiger charge is 2.37. The van der Waals surface area contributed by atoms with Gasteiger partial charge in [0.15, 0.2) is 5.13 Å². The molecule has 0 spiro atoms. The standard InChI is InChI=1S/C21H18F4N2O2S/c1-12(19(28)29-2)11-26-20-27-17(18(30-20)21(23,24)25)15-5-3-13(4-6-15)14-7-9-16(22)10-8-14/h3-10,12H,11H2,1-2H3,(H,26,27). The molecule has 0 saturated heterocycles. The molecule has 1 N–H and O–H groups in total. The number of esters is 1. The van der Waals surface area contributed by atoms with Gasteiger partial charge in [-0.1, -0.05) is 54.7 Å². The smallest absolute Gasteiger partial charge is 0.427 e. The second-order valence-electron chi connectivity index (χ2n) is 6.58. The fourth-order valence-corrected chi connectivity index (χ4v) is 3.63. The Hall–Kier alpha value is -2.94. The molecule has 3 aromatic rings. The second-order valence-corrected chi connectivity index (χ2v) is 7.58. The van der Waals surface area contributed by atoms with Crippen LogP contribution < -0.4 is 5.32 Å². The van der Waals surface area contributed by atoms with Gasteiger partial charge >= 0.3 is 12.1 Å². The molecule has 0 aliphatic carbocycles. The third-order valence-electron chi connectivity index (χ3n) is 4.38. The van der Waals surface area contributed by atoms with Crippen LogP contribution in [0.2, 0.25) is 0 Å². The summed E-state index contributed by atoms with van der Waals surface area (Å²) in [5.41, 5.74) is 1.61. The Morgan fingerprint density at radius 3 is 2.13 bits per heavy atom. The number of methoxy groups -OCH3 is 1. The molecule has 1 aromatic heterocycles. The fraction of sp³-hybridized carbons (Fsp3) is 0.238. The van der Waals surface area contributed by atoms with Crippen LogP contribution in [0.15, 0.2) is 48.5 Å². The Balaban J connectivity index is 1.87. The first-order valence-electron chi connectivity index (χ1n) is 8.95. The van der Waals surface area contributed by atoms with Gasteiger partial charge < -0.3 is 10.1 Å². The van der Waals surface area contributed by atoms with Gasteiger partial charge in [0.2, 0.25) is 0 Å². The topological polar surface area (TPSA) is 51.2 Å². The van der Waals surface area contributed by atoms with Gasteiger partial charge in [0.25, 0.3) is 0 Å². The lowest BCUT2D eigenvalue weighted by Gasteiger charge is -2.09. The number of aromatic nitrogens is 1. The van der Waals surface area contributed by atoms with Gasteiger partial charge in [-0.15, -0.1) is 0 Å². The highest BCUT2D eigenvalue weighted by Crippen LogP contribution is 2.42. The summed E-state index contributed by atoms with van der Waals surface area (Å²) >= 11 is 0.484. The van der Waals surface area contributed by atoms with Gasteiger partial charge in [-0.25, -0.2) is 9.37 Å². The van der Waals surface area contributed by atoms with E-state index >= 15 is 0 Å². The van der Waals surface area contributed by atoms with Crippen molar-refractivity contribution in [3.05, 3.63) is 59.2 Å². The van der Waals surface area contributed by atoms with Crippen molar-refractivity contribution in [1.82, 2.24) is 4.98 Å². The third-order valence-corrected chi connectivity index (χ3v) is 5.44. The molecular formula is C21H18F4N2O2S.